The van der Waals surface area contributed by atoms with E-state index < -0.39 is 0 Å². The molecule has 2 unspecified atom stereocenters. The first kappa shape index (κ1) is 13.1. The Morgan fingerprint density at radius 1 is 1.35 bits per heavy atom. The maximum atomic E-state index is 5.70. The Morgan fingerprint density at radius 2 is 2.15 bits per heavy atom. The van der Waals surface area contributed by atoms with E-state index in [9.17, 15) is 0 Å². The Morgan fingerprint density at radius 3 is 2.85 bits per heavy atom. The predicted molar refractivity (Wildman–Crippen MR) is 75.2 cm³/mol. The van der Waals surface area contributed by atoms with E-state index in [1.165, 1.54) is 5.56 Å². The third kappa shape index (κ3) is 2.82. The summed E-state index contributed by atoms with van der Waals surface area (Å²) in [6.45, 7) is 2.93. The normalized spacial score (nSPS) is 20.1. The van der Waals surface area contributed by atoms with E-state index in [0.29, 0.717) is 17.6 Å². The number of anilines is 1. The van der Waals surface area contributed by atoms with Gasteiger partial charge in [-0.05, 0) is 36.5 Å². The number of ether oxygens (including phenoxy) is 1. The SMILES string of the molecule is CC(Cc1nc(C2CCCO2)no1)c1ccc(N)cc1. The second kappa shape index (κ2) is 5.63. The van der Waals surface area contributed by atoms with Crippen LogP contribution in [-0.2, 0) is 11.2 Å². The summed E-state index contributed by atoms with van der Waals surface area (Å²) < 4.78 is 10.9. The Bertz CT molecular complexity index is 559. The fraction of sp³-hybridized carbons (Fsp3) is 0.467. The molecular weight excluding hydrogens is 254 g/mol. The second-order valence-corrected chi connectivity index (χ2v) is 5.32. The molecule has 0 saturated carbocycles. The zero-order valence-electron chi connectivity index (χ0n) is 11.6. The summed E-state index contributed by atoms with van der Waals surface area (Å²) in [5.41, 5.74) is 7.69. The molecule has 0 spiro atoms. The molecule has 1 saturated heterocycles. The van der Waals surface area contributed by atoms with Crippen LogP contribution in [0.4, 0.5) is 5.69 Å². The molecule has 3 rings (SSSR count). The highest BCUT2D eigenvalue weighted by Gasteiger charge is 2.23. The number of hydrogen-bond acceptors (Lipinski definition) is 5. The zero-order valence-corrected chi connectivity index (χ0v) is 11.6. The van der Waals surface area contributed by atoms with E-state index in [0.717, 1.165) is 31.6 Å². The smallest absolute Gasteiger partial charge is 0.227 e. The average molecular weight is 273 g/mol. The molecule has 0 radical (unpaired) electrons. The molecule has 1 aromatic heterocycles. The van der Waals surface area contributed by atoms with Gasteiger partial charge in [0.2, 0.25) is 11.7 Å². The van der Waals surface area contributed by atoms with Crippen molar-refractivity contribution in [3.8, 4) is 0 Å². The van der Waals surface area contributed by atoms with Crippen LogP contribution in [0.15, 0.2) is 28.8 Å². The van der Waals surface area contributed by atoms with Gasteiger partial charge >= 0.3 is 0 Å². The molecule has 2 N–H and O–H groups in total. The zero-order chi connectivity index (χ0) is 13.9. The molecule has 2 atom stereocenters. The number of aromatic nitrogens is 2. The molecule has 5 nitrogen and oxygen atoms in total. The highest BCUT2D eigenvalue weighted by molar-refractivity contribution is 5.40. The van der Waals surface area contributed by atoms with E-state index in [2.05, 4.69) is 17.1 Å². The topological polar surface area (TPSA) is 74.2 Å². The van der Waals surface area contributed by atoms with Crippen molar-refractivity contribution < 1.29 is 9.26 Å². The Hall–Kier alpha value is -1.88. The minimum absolute atomic E-state index is 0.0133. The van der Waals surface area contributed by atoms with Crippen LogP contribution in [0.3, 0.4) is 0 Å². The van der Waals surface area contributed by atoms with E-state index in [4.69, 9.17) is 15.0 Å². The van der Waals surface area contributed by atoms with Gasteiger partial charge in [-0.25, -0.2) is 0 Å². The van der Waals surface area contributed by atoms with Crippen LogP contribution in [0, 0.1) is 0 Å². The van der Waals surface area contributed by atoms with Crippen LogP contribution in [0.1, 0.15) is 49.1 Å². The van der Waals surface area contributed by atoms with Crippen molar-refractivity contribution in [3.63, 3.8) is 0 Å². The minimum Gasteiger partial charge on any atom is -0.399 e. The lowest BCUT2D eigenvalue weighted by molar-refractivity contribution is 0.103. The largest absolute Gasteiger partial charge is 0.399 e. The quantitative estimate of drug-likeness (QED) is 0.867. The van der Waals surface area contributed by atoms with Gasteiger partial charge in [-0.1, -0.05) is 24.2 Å². The fourth-order valence-corrected chi connectivity index (χ4v) is 2.47. The molecule has 5 heteroatoms. The lowest BCUT2D eigenvalue weighted by Crippen LogP contribution is -2.01. The average Bonchev–Trinajstić information content (AvgIpc) is 3.09. The number of rotatable bonds is 4. The summed E-state index contributed by atoms with van der Waals surface area (Å²) in [7, 11) is 0. The molecule has 2 aromatic rings. The molecule has 1 aliphatic heterocycles. The fourth-order valence-electron chi connectivity index (χ4n) is 2.47. The molecule has 1 fully saturated rings. The number of benzene rings is 1. The monoisotopic (exact) mass is 273 g/mol. The molecule has 20 heavy (non-hydrogen) atoms. The van der Waals surface area contributed by atoms with Crippen molar-refractivity contribution in [1.82, 2.24) is 10.1 Å². The van der Waals surface area contributed by atoms with Crippen LogP contribution in [0.25, 0.3) is 0 Å². The summed E-state index contributed by atoms with van der Waals surface area (Å²) in [6.07, 6.45) is 2.78. The third-order valence-corrected chi connectivity index (χ3v) is 3.69. The van der Waals surface area contributed by atoms with Crippen molar-refractivity contribution in [2.24, 2.45) is 0 Å². The second-order valence-electron chi connectivity index (χ2n) is 5.32. The molecule has 0 aliphatic carbocycles. The van der Waals surface area contributed by atoms with Crippen LogP contribution in [-0.4, -0.2) is 16.7 Å². The van der Waals surface area contributed by atoms with Gasteiger partial charge in [-0.15, -0.1) is 0 Å². The Labute approximate surface area is 118 Å². The Balaban J connectivity index is 1.66. The van der Waals surface area contributed by atoms with E-state index >= 15 is 0 Å². The molecular formula is C15H19N3O2. The van der Waals surface area contributed by atoms with Crippen LogP contribution < -0.4 is 5.73 Å². The molecule has 1 aromatic carbocycles. The number of nitrogens with zero attached hydrogens (tertiary/aromatic N) is 2. The standard InChI is InChI=1S/C15H19N3O2/c1-10(11-4-6-12(16)7-5-11)9-14-17-15(18-20-14)13-3-2-8-19-13/h4-7,10,13H,2-3,8-9,16H2,1H3. The van der Waals surface area contributed by atoms with E-state index in [-0.39, 0.29) is 6.10 Å². The van der Waals surface area contributed by atoms with Gasteiger partial charge in [0.1, 0.15) is 6.10 Å². The molecule has 1 aliphatic rings. The molecule has 2 heterocycles. The van der Waals surface area contributed by atoms with Gasteiger partial charge in [0.05, 0.1) is 0 Å². The number of nitrogens with two attached hydrogens (primary N) is 1. The van der Waals surface area contributed by atoms with Gasteiger partial charge in [0, 0.05) is 18.7 Å². The van der Waals surface area contributed by atoms with Crippen molar-refractivity contribution in [2.45, 2.75) is 38.2 Å². The van der Waals surface area contributed by atoms with E-state index in [1.807, 2.05) is 24.3 Å². The van der Waals surface area contributed by atoms with Crippen molar-refractivity contribution in [2.75, 3.05) is 12.3 Å². The maximum absolute atomic E-state index is 5.70. The highest BCUT2D eigenvalue weighted by Crippen LogP contribution is 2.27. The van der Waals surface area contributed by atoms with Gasteiger partial charge < -0.3 is 15.0 Å². The van der Waals surface area contributed by atoms with Gasteiger partial charge in [-0.3, -0.25) is 0 Å². The first-order valence-corrected chi connectivity index (χ1v) is 7.02. The summed E-state index contributed by atoms with van der Waals surface area (Å²) in [6, 6.07) is 7.91. The predicted octanol–water partition coefficient (Wildman–Crippen LogP) is 2.85. The lowest BCUT2D eigenvalue weighted by Gasteiger charge is -2.09. The highest BCUT2D eigenvalue weighted by atomic mass is 16.5. The summed E-state index contributed by atoms with van der Waals surface area (Å²) >= 11 is 0. The van der Waals surface area contributed by atoms with Crippen LogP contribution in [0.5, 0.6) is 0 Å². The Kier molecular flexibility index (Phi) is 3.69. The van der Waals surface area contributed by atoms with E-state index in [1.54, 1.807) is 0 Å². The molecule has 0 amide bonds. The number of hydrogen-bond donors (Lipinski definition) is 1. The van der Waals surface area contributed by atoms with Gasteiger partial charge in [0.25, 0.3) is 0 Å². The molecule has 106 valence electrons. The first-order valence-electron chi connectivity index (χ1n) is 7.02. The van der Waals surface area contributed by atoms with Crippen LogP contribution >= 0.6 is 0 Å². The lowest BCUT2D eigenvalue weighted by atomic mass is 9.98. The van der Waals surface area contributed by atoms with Gasteiger partial charge in [0.15, 0.2) is 0 Å². The summed E-state index contributed by atoms with van der Waals surface area (Å²) in [5.74, 6) is 1.66. The van der Waals surface area contributed by atoms with Crippen molar-refractivity contribution in [3.05, 3.63) is 41.5 Å². The number of nitrogen functional groups attached to an aromatic ring is 1. The minimum atomic E-state index is 0.0133. The molecule has 0 bridgehead atoms. The van der Waals surface area contributed by atoms with Crippen molar-refractivity contribution in [1.29, 1.82) is 0 Å². The first-order chi connectivity index (χ1) is 9.72. The summed E-state index contributed by atoms with van der Waals surface area (Å²) in [4.78, 5) is 4.45. The maximum Gasteiger partial charge on any atom is 0.227 e. The third-order valence-electron chi connectivity index (χ3n) is 3.69. The van der Waals surface area contributed by atoms with Gasteiger partial charge in [-0.2, -0.15) is 4.98 Å². The summed E-state index contributed by atoms with van der Waals surface area (Å²) in [5, 5.41) is 4.03. The van der Waals surface area contributed by atoms with Crippen molar-refractivity contribution >= 4 is 5.69 Å². The van der Waals surface area contributed by atoms with Crippen LogP contribution in [0.2, 0.25) is 0 Å².